The molecule has 1 atom stereocenters. The van der Waals surface area contributed by atoms with Gasteiger partial charge < -0.3 is 0 Å². The monoisotopic (exact) mass is 246 g/mol. The molecule has 0 aliphatic carbocycles. The summed E-state index contributed by atoms with van der Waals surface area (Å²) in [4.78, 5) is 0. The first-order valence-corrected chi connectivity index (χ1v) is 7.32. The maximum atomic E-state index is 2.41. The average Bonchev–Trinajstić information content (AvgIpc) is 2.38. The maximum Gasteiger partial charge on any atom is -0.0231 e. The smallest absolute Gasteiger partial charge is 0.0231 e. The summed E-state index contributed by atoms with van der Waals surface area (Å²) in [5.41, 5.74) is 4.25. The maximum absolute atomic E-state index is 2.41. The van der Waals surface area contributed by atoms with Crippen molar-refractivity contribution in [2.24, 2.45) is 5.92 Å². The van der Waals surface area contributed by atoms with Crippen molar-refractivity contribution in [3.63, 3.8) is 0 Å². The van der Waals surface area contributed by atoms with Crippen molar-refractivity contribution in [3.05, 3.63) is 47.0 Å². The van der Waals surface area contributed by atoms with Crippen molar-refractivity contribution in [2.45, 2.75) is 60.8 Å². The molecule has 102 valence electrons. The molecule has 1 unspecified atom stereocenters. The van der Waals surface area contributed by atoms with Crippen LogP contribution in [0.25, 0.3) is 0 Å². The van der Waals surface area contributed by atoms with E-state index in [-0.39, 0.29) is 0 Å². The number of aryl methyl sites for hydroxylation is 2. The van der Waals surface area contributed by atoms with Gasteiger partial charge in [-0.05, 0) is 51.5 Å². The van der Waals surface area contributed by atoms with Crippen molar-refractivity contribution in [2.75, 3.05) is 0 Å². The number of allylic oxidation sites excluding steroid dienone is 2. The van der Waals surface area contributed by atoms with Gasteiger partial charge in [-0.2, -0.15) is 0 Å². The summed E-state index contributed by atoms with van der Waals surface area (Å²) in [6.07, 6.45) is 6.12. The quantitative estimate of drug-likeness (QED) is 0.563. The molecule has 0 heterocycles. The highest BCUT2D eigenvalue weighted by Crippen LogP contribution is 2.16. The lowest BCUT2D eigenvalue weighted by Crippen LogP contribution is -1.98. The minimum atomic E-state index is 0.742. The second-order valence-electron chi connectivity index (χ2n) is 4.94. The Morgan fingerprint density at radius 1 is 1.11 bits per heavy atom. The van der Waals surface area contributed by atoms with Gasteiger partial charge in [-0.25, -0.2) is 0 Å². The first-order valence-electron chi connectivity index (χ1n) is 7.32. The molecule has 0 saturated carbocycles. The Balaban J connectivity index is 0.00000137. The van der Waals surface area contributed by atoms with Crippen LogP contribution in [0.15, 0.2) is 35.9 Å². The highest BCUT2D eigenvalue weighted by molar-refractivity contribution is 5.21. The SMILES string of the molecule is CC.CCC(C=C(C)C)CCc1ccc(C)cc1. The fourth-order valence-electron chi connectivity index (χ4n) is 1.98. The molecule has 0 aliphatic heterocycles. The number of rotatable bonds is 5. The van der Waals surface area contributed by atoms with Gasteiger partial charge in [-0.1, -0.05) is 62.2 Å². The average molecular weight is 246 g/mol. The van der Waals surface area contributed by atoms with Crippen LogP contribution < -0.4 is 0 Å². The second-order valence-corrected chi connectivity index (χ2v) is 4.94. The minimum Gasteiger partial charge on any atom is -0.0828 e. The Labute approximate surface area is 114 Å². The van der Waals surface area contributed by atoms with Gasteiger partial charge in [0.2, 0.25) is 0 Å². The van der Waals surface area contributed by atoms with Gasteiger partial charge in [0.15, 0.2) is 0 Å². The van der Waals surface area contributed by atoms with Crippen LogP contribution in [0.2, 0.25) is 0 Å². The van der Waals surface area contributed by atoms with E-state index in [4.69, 9.17) is 0 Å². The van der Waals surface area contributed by atoms with E-state index in [9.17, 15) is 0 Å². The molecule has 1 aromatic rings. The fraction of sp³-hybridized carbons (Fsp3) is 0.556. The normalized spacial score (nSPS) is 11.2. The molecule has 0 amide bonds. The lowest BCUT2D eigenvalue weighted by atomic mass is 9.95. The summed E-state index contributed by atoms with van der Waals surface area (Å²) in [5.74, 6) is 0.742. The minimum absolute atomic E-state index is 0.742. The van der Waals surface area contributed by atoms with Gasteiger partial charge in [0.25, 0.3) is 0 Å². The first kappa shape index (κ1) is 17.0. The second kappa shape index (κ2) is 9.94. The van der Waals surface area contributed by atoms with Gasteiger partial charge in [-0.15, -0.1) is 0 Å². The summed E-state index contributed by atoms with van der Waals surface area (Å²) in [6, 6.07) is 8.92. The molecule has 0 N–H and O–H groups in total. The van der Waals surface area contributed by atoms with E-state index in [1.165, 1.54) is 36.0 Å². The van der Waals surface area contributed by atoms with Crippen LogP contribution in [0.5, 0.6) is 0 Å². The molecule has 0 saturated heterocycles. The molecule has 0 nitrogen and oxygen atoms in total. The molecule has 18 heavy (non-hydrogen) atoms. The molecular formula is C18H30. The van der Waals surface area contributed by atoms with Gasteiger partial charge in [0.05, 0.1) is 0 Å². The molecule has 0 aromatic heterocycles. The van der Waals surface area contributed by atoms with E-state index >= 15 is 0 Å². The van der Waals surface area contributed by atoms with E-state index < -0.39 is 0 Å². The zero-order valence-electron chi connectivity index (χ0n) is 13.1. The molecule has 0 bridgehead atoms. The van der Waals surface area contributed by atoms with Crippen molar-refractivity contribution >= 4 is 0 Å². The van der Waals surface area contributed by atoms with Crippen LogP contribution in [0.1, 0.15) is 58.6 Å². The summed E-state index contributed by atoms with van der Waals surface area (Å²) in [7, 11) is 0. The molecule has 1 rings (SSSR count). The zero-order valence-corrected chi connectivity index (χ0v) is 13.1. The van der Waals surface area contributed by atoms with Crippen LogP contribution in [0.4, 0.5) is 0 Å². The largest absolute Gasteiger partial charge is 0.0828 e. The molecule has 0 spiro atoms. The molecule has 0 heteroatoms. The van der Waals surface area contributed by atoms with Crippen molar-refractivity contribution in [1.82, 2.24) is 0 Å². The highest BCUT2D eigenvalue weighted by Gasteiger charge is 2.03. The zero-order chi connectivity index (χ0) is 14.0. The highest BCUT2D eigenvalue weighted by atomic mass is 14.1. The van der Waals surface area contributed by atoms with Crippen LogP contribution in [0, 0.1) is 12.8 Å². The van der Waals surface area contributed by atoms with E-state index in [0.717, 1.165) is 5.92 Å². The lowest BCUT2D eigenvalue weighted by molar-refractivity contribution is 0.569. The predicted molar refractivity (Wildman–Crippen MR) is 84.1 cm³/mol. The standard InChI is InChI=1S/C16H24.C2H6/c1-5-15(12-13(2)3)10-11-16-8-6-14(4)7-9-16;1-2/h6-9,12,15H,5,10-11H2,1-4H3;1-2H3. The van der Waals surface area contributed by atoms with Crippen molar-refractivity contribution < 1.29 is 0 Å². The summed E-state index contributed by atoms with van der Waals surface area (Å²) in [6.45, 7) is 12.8. The molecule has 0 fully saturated rings. The summed E-state index contributed by atoms with van der Waals surface area (Å²) < 4.78 is 0. The Morgan fingerprint density at radius 3 is 2.11 bits per heavy atom. The Hall–Kier alpha value is -1.04. The predicted octanol–water partition coefficient (Wildman–Crippen LogP) is 5.95. The lowest BCUT2D eigenvalue weighted by Gasteiger charge is -2.11. The van der Waals surface area contributed by atoms with Gasteiger partial charge >= 0.3 is 0 Å². The summed E-state index contributed by atoms with van der Waals surface area (Å²) in [5, 5.41) is 0. The number of hydrogen-bond acceptors (Lipinski definition) is 0. The van der Waals surface area contributed by atoms with Crippen LogP contribution in [-0.2, 0) is 6.42 Å². The third-order valence-electron chi connectivity index (χ3n) is 3.02. The Kier molecular flexibility index (Phi) is 9.36. The number of hydrogen-bond donors (Lipinski definition) is 0. The first-order chi connectivity index (χ1) is 8.61. The molecule has 1 aromatic carbocycles. The van der Waals surface area contributed by atoms with Gasteiger partial charge in [-0.3, -0.25) is 0 Å². The van der Waals surface area contributed by atoms with Gasteiger partial charge in [0.1, 0.15) is 0 Å². The third kappa shape index (κ3) is 7.32. The third-order valence-corrected chi connectivity index (χ3v) is 3.02. The fourth-order valence-corrected chi connectivity index (χ4v) is 1.98. The van der Waals surface area contributed by atoms with Crippen LogP contribution >= 0.6 is 0 Å². The van der Waals surface area contributed by atoms with Gasteiger partial charge in [0, 0.05) is 0 Å². The van der Waals surface area contributed by atoms with E-state index in [1.807, 2.05) is 13.8 Å². The Bertz CT molecular complexity index is 326. The molecule has 0 aliphatic rings. The molecule has 0 radical (unpaired) electrons. The van der Waals surface area contributed by atoms with Crippen molar-refractivity contribution in [3.8, 4) is 0 Å². The Morgan fingerprint density at radius 2 is 1.67 bits per heavy atom. The molecular weight excluding hydrogens is 216 g/mol. The van der Waals surface area contributed by atoms with Crippen LogP contribution in [0.3, 0.4) is 0 Å². The summed E-state index contributed by atoms with van der Waals surface area (Å²) >= 11 is 0. The van der Waals surface area contributed by atoms with Crippen LogP contribution in [-0.4, -0.2) is 0 Å². The topological polar surface area (TPSA) is 0 Å². The van der Waals surface area contributed by atoms with E-state index in [1.54, 1.807) is 0 Å². The van der Waals surface area contributed by atoms with E-state index in [0.29, 0.717) is 0 Å². The number of benzene rings is 1. The van der Waals surface area contributed by atoms with Crippen molar-refractivity contribution in [1.29, 1.82) is 0 Å². The van der Waals surface area contributed by atoms with E-state index in [2.05, 4.69) is 58.0 Å².